The molecule has 5 nitrogen and oxygen atoms in total. The predicted octanol–water partition coefficient (Wildman–Crippen LogP) is 4.85. The minimum absolute atomic E-state index is 0.176. The lowest BCUT2D eigenvalue weighted by molar-refractivity contribution is -0.115. The summed E-state index contributed by atoms with van der Waals surface area (Å²) in [7, 11) is 0. The second kappa shape index (κ2) is 8.29. The fourth-order valence-corrected chi connectivity index (χ4v) is 3.97. The molecule has 0 aliphatic rings. The molecule has 0 fully saturated rings. The van der Waals surface area contributed by atoms with Crippen molar-refractivity contribution in [2.75, 3.05) is 10.6 Å². The Bertz CT molecular complexity index is 881. The molecule has 1 atom stereocenters. The predicted molar refractivity (Wildman–Crippen MR) is 105 cm³/mol. The van der Waals surface area contributed by atoms with Gasteiger partial charge in [0.05, 0.1) is 5.25 Å². The number of carbonyl (C=O) groups is 1. The zero-order chi connectivity index (χ0) is 18.5. The summed E-state index contributed by atoms with van der Waals surface area (Å²) in [5, 5.41) is 14.5. The number of hydrogen-bond acceptors (Lipinski definition) is 6. The van der Waals surface area contributed by atoms with E-state index in [0.717, 1.165) is 5.69 Å². The maximum Gasteiger partial charge on any atom is 0.237 e. The van der Waals surface area contributed by atoms with Crippen LogP contribution in [0.1, 0.15) is 12.5 Å². The van der Waals surface area contributed by atoms with Crippen LogP contribution in [0.15, 0.2) is 52.9 Å². The number of nitrogens with zero attached hydrogens (tertiary/aromatic N) is 2. The van der Waals surface area contributed by atoms with Gasteiger partial charge in [0.25, 0.3) is 0 Å². The van der Waals surface area contributed by atoms with Crippen molar-refractivity contribution in [1.29, 1.82) is 0 Å². The molecule has 0 unspecified atom stereocenters. The zero-order valence-corrected chi connectivity index (χ0v) is 15.8. The maximum absolute atomic E-state index is 12.9. The number of anilines is 3. The van der Waals surface area contributed by atoms with Gasteiger partial charge in [-0.25, -0.2) is 4.39 Å². The van der Waals surface area contributed by atoms with Crippen molar-refractivity contribution >= 4 is 45.5 Å². The van der Waals surface area contributed by atoms with Crippen LogP contribution in [0.2, 0.25) is 0 Å². The van der Waals surface area contributed by atoms with Crippen LogP contribution in [0.25, 0.3) is 0 Å². The Kier molecular flexibility index (Phi) is 5.85. The molecule has 0 bridgehead atoms. The third-order valence-electron chi connectivity index (χ3n) is 3.47. The number of benzene rings is 2. The van der Waals surface area contributed by atoms with E-state index in [-0.39, 0.29) is 17.0 Å². The first-order valence-corrected chi connectivity index (χ1v) is 9.59. The quantitative estimate of drug-likeness (QED) is 0.591. The van der Waals surface area contributed by atoms with E-state index in [9.17, 15) is 9.18 Å². The number of halogens is 1. The summed E-state index contributed by atoms with van der Waals surface area (Å²) in [6.45, 7) is 3.82. The molecule has 0 saturated carbocycles. The zero-order valence-electron chi connectivity index (χ0n) is 14.2. The molecular weight excluding hydrogens is 371 g/mol. The minimum atomic E-state index is -0.361. The number of hydrogen-bond donors (Lipinski definition) is 2. The number of amides is 1. The molecule has 1 aromatic heterocycles. The Balaban J connectivity index is 1.56. The number of aromatic nitrogens is 2. The number of thioether (sulfide) groups is 1. The number of aryl methyl sites for hydroxylation is 1. The summed E-state index contributed by atoms with van der Waals surface area (Å²) in [4.78, 5) is 12.2. The first-order chi connectivity index (χ1) is 12.5. The molecule has 0 aliphatic carbocycles. The molecule has 1 amide bonds. The van der Waals surface area contributed by atoms with Gasteiger partial charge in [0, 0.05) is 11.4 Å². The molecular formula is C18H17FN4OS2. The van der Waals surface area contributed by atoms with Crippen molar-refractivity contribution in [3.05, 3.63) is 59.9 Å². The van der Waals surface area contributed by atoms with Crippen molar-refractivity contribution in [1.82, 2.24) is 10.2 Å². The standard InChI is InChI=1S/C18H17FN4OS2/c1-11-3-7-15(8-4-11)21-17-22-23-18(26-17)25-12(2)16(24)20-14-9-5-13(19)6-10-14/h3-10,12H,1-2H3,(H,20,24)(H,21,22)/t12-/m0/s1. The molecule has 0 radical (unpaired) electrons. The van der Waals surface area contributed by atoms with Crippen LogP contribution in [0.3, 0.4) is 0 Å². The Labute approximate surface area is 159 Å². The van der Waals surface area contributed by atoms with E-state index in [1.54, 1.807) is 6.92 Å². The van der Waals surface area contributed by atoms with Gasteiger partial charge < -0.3 is 10.6 Å². The summed E-state index contributed by atoms with van der Waals surface area (Å²) in [6, 6.07) is 13.6. The Morgan fingerprint density at radius 1 is 1.08 bits per heavy atom. The monoisotopic (exact) mass is 388 g/mol. The second-order valence-corrected chi connectivity index (χ2v) is 8.19. The van der Waals surface area contributed by atoms with Gasteiger partial charge in [-0.15, -0.1) is 10.2 Å². The third kappa shape index (κ3) is 5.03. The second-order valence-electron chi connectivity index (χ2n) is 5.62. The molecule has 0 aliphatic heterocycles. The average molecular weight is 388 g/mol. The molecule has 134 valence electrons. The topological polar surface area (TPSA) is 66.9 Å². The Hall–Kier alpha value is -2.45. The number of rotatable bonds is 6. The average Bonchev–Trinajstić information content (AvgIpc) is 3.06. The van der Waals surface area contributed by atoms with Crippen LogP contribution in [0.4, 0.5) is 20.9 Å². The van der Waals surface area contributed by atoms with Gasteiger partial charge in [-0.05, 0) is 50.2 Å². The molecule has 0 spiro atoms. The van der Waals surface area contributed by atoms with Crippen molar-refractivity contribution in [2.24, 2.45) is 0 Å². The minimum Gasteiger partial charge on any atom is -0.330 e. The molecule has 2 aromatic carbocycles. The molecule has 1 heterocycles. The SMILES string of the molecule is Cc1ccc(Nc2nnc(S[C@@H](C)C(=O)Nc3ccc(F)cc3)s2)cc1. The van der Waals surface area contributed by atoms with E-state index in [1.807, 2.05) is 31.2 Å². The van der Waals surface area contributed by atoms with Crippen LogP contribution in [0, 0.1) is 12.7 Å². The highest BCUT2D eigenvalue weighted by Gasteiger charge is 2.17. The lowest BCUT2D eigenvalue weighted by Gasteiger charge is -2.10. The van der Waals surface area contributed by atoms with E-state index in [4.69, 9.17) is 0 Å². The van der Waals surface area contributed by atoms with Gasteiger partial charge in [0.1, 0.15) is 5.82 Å². The Morgan fingerprint density at radius 2 is 1.73 bits per heavy atom. The summed E-state index contributed by atoms with van der Waals surface area (Å²) < 4.78 is 13.6. The summed E-state index contributed by atoms with van der Waals surface area (Å²) in [5.41, 5.74) is 2.68. The molecule has 0 saturated heterocycles. The van der Waals surface area contributed by atoms with Crippen molar-refractivity contribution in [2.45, 2.75) is 23.4 Å². The fourth-order valence-electron chi connectivity index (χ4n) is 2.05. The first kappa shape index (κ1) is 18.3. The molecule has 3 rings (SSSR count). The maximum atomic E-state index is 12.9. The van der Waals surface area contributed by atoms with Gasteiger partial charge in [-0.3, -0.25) is 4.79 Å². The van der Waals surface area contributed by atoms with Crippen LogP contribution in [0.5, 0.6) is 0 Å². The highest BCUT2D eigenvalue weighted by Crippen LogP contribution is 2.30. The van der Waals surface area contributed by atoms with Gasteiger partial charge >= 0.3 is 0 Å². The van der Waals surface area contributed by atoms with Gasteiger partial charge in [-0.1, -0.05) is 40.8 Å². The van der Waals surface area contributed by atoms with E-state index >= 15 is 0 Å². The van der Waals surface area contributed by atoms with Crippen molar-refractivity contribution in [3.63, 3.8) is 0 Å². The van der Waals surface area contributed by atoms with Gasteiger partial charge in [0.15, 0.2) is 4.34 Å². The summed E-state index contributed by atoms with van der Waals surface area (Å²) in [5.74, 6) is -0.516. The lowest BCUT2D eigenvalue weighted by atomic mass is 10.2. The number of nitrogens with one attached hydrogen (secondary N) is 2. The molecule has 3 aromatic rings. The number of carbonyl (C=O) groups excluding carboxylic acids is 1. The van der Waals surface area contributed by atoms with E-state index in [1.165, 1.54) is 52.9 Å². The highest BCUT2D eigenvalue weighted by atomic mass is 32.2. The highest BCUT2D eigenvalue weighted by molar-refractivity contribution is 8.02. The lowest BCUT2D eigenvalue weighted by Crippen LogP contribution is -2.22. The van der Waals surface area contributed by atoms with Crippen LogP contribution in [-0.2, 0) is 4.79 Å². The Morgan fingerprint density at radius 3 is 2.42 bits per heavy atom. The molecule has 26 heavy (non-hydrogen) atoms. The normalized spacial score (nSPS) is 11.8. The molecule has 2 N–H and O–H groups in total. The van der Waals surface area contributed by atoms with Crippen LogP contribution < -0.4 is 10.6 Å². The van der Waals surface area contributed by atoms with Crippen LogP contribution >= 0.6 is 23.1 Å². The van der Waals surface area contributed by atoms with Gasteiger partial charge in [0.2, 0.25) is 11.0 Å². The summed E-state index contributed by atoms with van der Waals surface area (Å²) in [6.07, 6.45) is 0. The summed E-state index contributed by atoms with van der Waals surface area (Å²) >= 11 is 2.71. The van der Waals surface area contributed by atoms with E-state index in [0.29, 0.717) is 15.2 Å². The largest absolute Gasteiger partial charge is 0.330 e. The van der Waals surface area contributed by atoms with E-state index in [2.05, 4.69) is 20.8 Å². The molecule has 8 heteroatoms. The van der Waals surface area contributed by atoms with Crippen LogP contribution in [-0.4, -0.2) is 21.4 Å². The smallest absolute Gasteiger partial charge is 0.237 e. The van der Waals surface area contributed by atoms with E-state index < -0.39 is 0 Å². The first-order valence-electron chi connectivity index (χ1n) is 7.90. The third-order valence-corrected chi connectivity index (χ3v) is 5.49. The van der Waals surface area contributed by atoms with Gasteiger partial charge in [-0.2, -0.15) is 0 Å². The van der Waals surface area contributed by atoms with Crippen molar-refractivity contribution < 1.29 is 9.18 Å². The van der Waals surface area contributed by atoms with Crippen molar-refractivity contribution in [3.8, 4) is 0 Å². The fraction of sp³-hybridized carbons (Fsp3) is 0.167.